The van der Waals surface area contributed by atoms with E-state index in [9.17, 15) is 9.59 Å². The highest BCUT2D eigenvalue weighted by Crippen LogP contribution is 2.13. The number of carbonyl (C=O) groups excluding carboxylic acids is 1. The molecule has 1 aromatic heterocycles. The van der Waals surface area contributed by atoms with Crippen molar-refractivity contribution in [3.63, 3.8) is 0 Å². The summed E-state index contributed by atoms with van der Waals surface area (Å²) in [7, 11) is 0. The molecule has 1 aromatic carbocycles. The van der Waals surface area contributed by atoms with Crippen molar-refractivity contribution in [2.24, 2.45) is 5.92 Å². The number of piperazine rings is 1. The smallest absolute Gasteiger partial charge is 0.317 e. The van der Waals surface area contributed by atoms with Crippen molar-refractivity contribution in [1.82, 2.24) is 30.0 Å². The fraction of sp³-hybridized carbons (Fsp3) is 0.609. The second-order valence-corrected chi connectivity index (χ2v) is 8.94. The van der Waals surface area contributed by atoms with Crippen LogP contribution in [0.4, 0.5) is 4.79 Å². The Bertz CT molecular complexity index is 964. The van der Waals surface area contributed by atoms with Crippen LogP contribution in [0, 0.1) is 5.92 Å². The zero-order chi connectivity index (χ0) is 22.5. The molecule has 2 aromatic rings. The second-order valence-electron chi connectivity index (χ2n) is 8.94. The molecule has 4 rings (SSSR count). The summed E-state index contributed by atoms with van der Waals surface area (Å²) in [5.41, 5.74) is 0.604. The monoisotopic (exact) mass is 442 g/mol. The van der Waals surface area contributed by atoms with Gasteiger partial charge in [-0.05, 0) is 18.1 Å². The molecule has 2 saturated heterocycles. The molecule has 32 heavy (non-hydrogen) atoms. The number of rotatable bonds is 6. The summed E-state index contributed by atoms with van der Waals surface area (Å²) in [5.74, 6) is 1.12. The van der Waals surface area contributed by atoms with Gasteiger partial charge in [-0.25, -0.2) is 9.78 Å². The summed E-state index contributed by atoms with van der Waals surface area (Å²) in [6.45, 7) is 11.8. The average molecular weight is 443 g/mol. The summed E-state index contributed by atoms with van der Waals surface area (Å²) in [4.78, 5) is 39.0. The molecule has 9 heteroatoms. The van der Waals surface area contributed by atoms with Crippen LogP contribution < -0.4 is 10.9 Å². The molecule has 3 heterocycles. The van der Waals surface area contributed by atoms with Crippen LogP contribution in [0.1, 0.15) is 19.7 Å². The average Bonchev–Trinajstić information content (AvgIpc) is 2.80. The molecule has 1 atom stereocenters. The summed E-state index contributed by atoms with van der Waals surface area (Å²) in [6.07, 6.45) is 0. The normalized spacial score (nSPS) is 19.4. The number of nitrogens with zero attached hydrogens (tertiary/aromatic N) is 4. The van der Waals surface area contributed by atoms with Crippen LogP contribution >= 0.6 is 0 Å². The van der Waals surface area contributed by atoms with Crippen molar-refractivity contribution in [1.29, 1.82) is 0 Å². The number of carbonyl (C=O) groups is 1. The van der Waals surface area contributed by atoms with Gasteiger partial charge in [0.05, 0.1) is 30.7 Å². The first-order chi connectivity index (χ1) is 15.5. The van der Waals surface area contributed by atoms with E-state index in [0.717, 1.165) is 39.4 Å². The third-order valence-electron chi connectivity index (χ3n) is 6.44. The van der Waals surface area contributed by atoms with E-state index in [4.69, 9.17) is 4.74 Å². The Balaban J connectivity index is 1.27. The van der Waals surface area contributed by atoms with Crippen LogP contribution in [-0.2, 0) is 11.3 Å². The minimum absolute atomic E-state index is 0.000738. The molecular formula is C23H34N6O3. The second kappa shape index (κ2) is 10.4. The Hall–Kier alpha value is -2.49. The van der Waals surface area contributed by atoms with Crippen LogP contribution in [0.15, 0.2) is 29.1 Å². The molecule has 0 saturated carbocycles. The summed E-state index contributed by atoms with van der Waals surface area (Å²) >= 11 is 0. The van der Waals surface area contributed by atoms with Crippen LogP contribution in [0.2, 0.25) is 0 Å². The van der Waals surface area contributed by atoms with E-state index in [2.05, 4.69) is 38.9 Å². The highest BCUT2D eigenvalue weighted by Gasteiger charge is 2.26. The van der Waals surface area contributed by atoms with E-state index in [-0.39, 0.29) is 11.6 Å². The summed E-state index contributed by atoms with van der Waals surface area (Å²) in [6, 6.07) is 7.69. The highest BCUT2D eigenvalue weighted by molar-refractivity contribution is 5.77. The number of para-hydroxylation sites is 1. The number of H-pyrrole nitrogens is 1. The molecule has 0 radical (unpaired) electrons. The number of nitrogens with one attached hydrogen (secondary N) is 2. The van der Waals surface area contributed by atoms with Crippen molar-refractivity contribution < 1.29 is 9.53 Å². The van der Waals surface area contributed by atoms with E-state index < -0.39 is 0 Å². The maximum Gasteiger partial charge on any atom is 0.317 e. The molecule has 0 spiro atoms. The molecule has 2 fully saturated rings. The third kappa shape index (κ3) is 5.46. The number of hydrogen-bond acceptors (Lipinski definition) is 6. The van der Waals surface area contributed by atoms with Gasteiger partial charge in [0.1, 0.15) is 5.82 Å². The van der Waals surface area contributed by atoms with E-state index in [1.54, 1.807) is 6.07 Å². The van der Waals surface area contributed by atoms with Gasteiger partial charge in [-0.1, -0.05) is 26.0 Å². The van der Waals surface area contributed by atoms with E-state index in [1.165, 1.54) is 0 Å². The lowest BCUT2D eigenvalue weighted by molar-refractivity contribution is 0.00681. The van der Waals surface area contributed by atoms with Crippen molar-refractivity contribution in [3.05, 3.63) is 40.4 Å². The number of fused-ring (bicyclic) bond motifs is 1. The highest BCUT2D eigenvalue weighted by atomic mass is 16.5. The van der Waals surface area contributed by atoms with E-state index >= 15 is 0 Å². The van der Waals surface area contributed by atoms with Gasteiger partial charge in [0.15, 0.2) is 0 Å². The molecule has 0 aliphatic carbocycles. The predicted octanol–water partition coefficient (Wildman–Crippen LogP) is 1.11. The van der Waals surface area contributed by atoms with Crippen LogP contribution in [-0.4, -0.2) is 95.8 Å². The maximum atomic E-state index is 12.8. The van der Waals surface area contributed by atoms with Gasteiger partial charge in [0.2, 0.25) is 0 Å². The Morgan fingerprint density at radius 2 is 1.84 bits per heavy atom. The number of aromatic amines is 1. The number of amides is 2. The van der Waals surface area contributed by atoms with Gasteiger partial charge in [0, 0.05) is 51.9 Å². The van der Waals surface area contributed by atoms with Gasteiger partial charge in [-0.15, -0.1) is 0 Å². The molecule has 9 nitrogen and oxygen atoms in total. The Labute approximate surface area is 188 Å². The molecule has 2 amide bonds. The van der Waals surface area contributed by atoms with E-state index in [1.807, 2.05) is 23.1 Å². The van der Waals surface area contributed by atoms with Crippen LogP contribution in [0.3, 0.4) is 0 Å². The van der Waals surface area contributed by atoms with Crippen molar-refractivity contribution in [2.75, 3.05) is 59.0 Å². The van der Waals surface area contributed by atoms with Crippen LogP contribution in [0.25, 0.3) is 10.9 Å². The zero-order valence-electron chi connectivity index (χ0n) is 19.0. The molecule has 174 valence electrons. The van der Waals surface area contributed by atoms with Crippen molar-refractivity contribution in [3.8, 4) is 0 Å². The number of hydrogen-bond donors (Lipinski definition) is 2. The number of aromatic nitrogens is 2. The third-order valence-corrected chi connectivity index (χ3v) is 6.44. The molecule has 0 bridgehead atoms. The van der Waals surface area contributed by atoms with Gasteiger partial charge >= 0.3 is 6.03 Å². The standard InChI is InChI=1S/C23H34N6O3/c1-17(2)20(28-11-13-32-14-12-28)15-24-23(31)29-9-7-27(8-10-29)16-21-25-19-6-4-3-5-18(19)22(30)26-21/h3-6,17,20H,7-16H2,1-2H3,(H,24,31)(H,25,26,30). The number of benzene rings is 1. The molecule has 1 unspecified atom stereocenters. The topological polar surface area (TPSA) is 93.8 Å². The molecule has 2 N–H and O–H groups in total. The minimum atomic E-state index is -0.108. The maximum absolute atomic E-state index is 12.8. The fourth-order valence-electron chi connectivity index (χ4n) is 4.53. The number of urea groups is 1. The lowest BCUT2D eigenvalue weighted by Gasteiger charge is -2.38. The van der Waals surface area contributed by atoms with E-state index in [0.29, 0.717) is 54.9 Å². The largest absolute Gasteiger partial charge is 0.379 e. The Morgan fingerprint density at radius 1 is 1.12 bits per heavy atom. The molecule has 2 aliphatic rings. The summed E-state index contributed by atoms with van der Waals surface area (Å²) < 4.78 is 5.46. The SMILES string of the molecule is CC(C)C(CNC(=O)N1CCN(Cc2nc3ccccc3c(=O)[nH]2)CC1)N1CCOCC1. The molecular weight excluding hydrogens is 408 g/mol. The van der Waals surface area contributed by atoms with Gasteiger partial charge in [-0.3, -0.25) is 14.6 Å². The first kappa shape index (κ1) is 22.7. The first-order valence-corrected chi connectivity index (χ1v) is 11.6. The van der Waals surface area contributed by atoms with Crippen LogP contribution in [0.5, 0.6) is 0 Å². The number of morpholine rings is 1. The Kier molecular flexibility index (Phi) is 7.39. The van der Waals surface area contributed by atoms with Gasteiger partial charge in [0.25, 0.3) is 5.56 Å². The van der Waals surface area contributed by atoms with Crippen molar-refractivity contribution >= 4 is 16.9 Å². The fourth-order valence-corrected chi connectivity index (χ4v) is 4.53. The first-order valence-electron chi connectivity index (χ1n) is 11.6. The quantitative estimate of drug-likeness (QED) is 0.696. The van der Waals surface area contributed by atoms with Gasteiger partial charge in [-0.2, -0.15) is 0 Å². The molecule has 2 aliphatic heterocycles. The summed E-state index contributed by atoms with van der Waals surface area (Å²) in [5, 5.41) is 3.76. The van der Waals surface area contributed by atoms with Gasteiger partial charge < -0.3 is 19.9 Å². The lowest BCUT2D eigenvalue weighted by atomic mass is 10.0. The van der Waals surface area contributed by atoms with Crippen molar-refractivity contribution in [2.45, 2.75) is 26.4 Å². The lowest BCUT2D eigenvalue weighted by Crippen LogP contribution is -2.55. The predicted molar refractivity (Wildman–Crippen MR) is 124 cm³/mol. The number of ether oxygens (including phenoxy) is 1. The zero-order valence-corrected chi connectivity index (χ0v) is 19.0. The Morgan fingerprint density at radius 3 is 2.56 bits per heavy atom. The minimum Gasteiger partial charge on any atom is -0.379 e.